The van der Waals surface area contributed by atoms with E-state index < -0.39 is 21.7 Å². The summed E-state index contributed by atoms with van der Waals surface area (Å²) in [7, 11) is -3.83. The molecule has 0 fully saturated rings. The first kappa shape index (κ1) is 17.5. The largest absolute Gasteiger partial charge is 0.487 e. The van der Waals surface area contributed by atoms with Gasteiger partial charge in [-0.1, -0.05) is 41.4 Å². The van der Waals surface area contributed by atoms with Crippen molar-refractivity contribution in [2.45, 2.75) is 36.8 Å². The second-order valence-corrected chi connectivity index (χ2v) is 8.88. The first-order valence-electron chi connectivity index (χ1n) is 7.43. The molecule has 2 aromatic rings. The van der Waals surface area contributed by atoms with Gasteiger partial charge in [-0.2, -0.15) is 0 Å². The van der Waals surface area contributed by atoms with Crippen LogP contribution >= 0.6 is 23.2 Å². The van der Waals surface area contributed by atoms with E-state index in [0.29, 0.717) is 17.2 Å². The fraction of sp³-hybridized carbons (Fsp3) is 0.294. The van der Waals surface area contributed by atoms with Crippen LogP contribution in [0.2, 0.25) is 10.0 Å². The lowest BCUT2D eigenvalue weighted by atomic mass is 9.90. The zero-order valence-electron chi connectivity index (χ0n) is 13.2. The van der Waals surface area contributed by atoms with E-state index in [1.165, 1.54) is 12.1 Å². The number of rotatable bonds is 3. The van der Waals surface area contributed by atoms with Crippen LogP contribution in [0.5, 0.6) is 5.75 Å². The van der Waals surface area contributed by atoms with Crippen LogP contribution in [0.1, 0.15) is 31.9 Å². The molecule has 0 saturated carbocycles. The highest BCUT2D eigenvalue weighted by Crippen LogP contribution is 2.40. The van der Waals surface area contributed by atoms with Gasteiger partial charge in [-0.05, 0) is 38.1 Å². The van der Waals surface area contributed by atoms with Crippen molar-refractivity contribution in [3.63, 3.8) is 0 Å². The van der Waals surface area contributed by atoms with Gasteiger partial charge in [-0.15, -0.1) is 0 Å². The third kappa shape index (κ3) is 3.54. The van der Waals surface area contributed by atoms with Crippen LogP contribution < -0.4 is 9.46 Å². The molecule has 1 heterocycles. The number of benzene rings is 2. The summed E-state index contributed by atoms with van der Waals surface area (Å²) in [6.45, 7) is 3.85. The second-order valence-electron chi connectivity index (χ2n) is 6.35. The predicted molar refractivity (Wildman–Crippen MR) is 95.3 cm³/mol. The van der Waals surface area contributed by atoms with Crippen LogP contribution in [0, 0.1) is 0 Å². The van der Waals surface area contributed by atoms with Gasteiger partial charge in [0, 0.05) is 17.0 Å². The molecule has 1 N–H and O–H groups in total. The van der Waals surface area contributed by atoms with E-state index in [0.717, 1.165) is 5.56 Å². The Morgan fingerprint density at radius 3 is 2.62 bits per heavy atom. The molecule has 1 aliphatic rings. The lowest BCUT2D eigenvalue weighted by Gasteiger charge is -2.37. The molecule has 0 spiro atoms. The van der Waals surface area contributed by atoms with Gasteiger partial charge in [0.25, 0.3) is 0 Å². The molecular formula is C17H17Cl2NO3S. The summed E-state index contributed by atoms with van der Waals surface area (Å²) >= 11 is 12.0. The van der Waals surface area contributed by atoms with Crippen molar-refractivity contribution in [3.8, 4) is 5.75 Å². The lowest BCUT2D eigenvalue weighted by Crippen LogP contribution is -2.41. The Morgan fingerprint density at radius 1 is 1.17 bits per heavy atom. The van der Waals surface area contributed by atoms with Gasteiger partial charge in [0.05, 0.1) is 11.1 Å². The van der Waals surface area contributed by atoms with Crippen LogP contribution in [-0.4, -0.2) is 14.0 Å². The first-order chi connectivity index (χ1) is 11.2. The van der Waals surface area contributed by atoms with Crippen molar-refractivity contribution in [2.24, 2.45) is 0 Å². The summed E-state index contributed by atoms with van der Waals surface area (Å²) in [6.07, 6.45) is 0.501. The topological polar surface area (TPSA) is 55.4 Å². The molecule has 2 aromatic carbocycles. The van der Waals surface area contributed by atoms with E-state index in [-0.39, 0.29) is 9.92 Å². The van der Waals surface area contributed by atoms with Gasteiger partial charge < -0.3 is 4.74 Å². The Kier molecular flexibility index (Phi) is 4.55. The average molecular weight is 386 g/mol. The van der Waals surface area contributed by atoms with E-state index in [2.05, 4.69) is 4.72 Å². The van der Waals surface area contributed by atoms with Crippen LogP contribution in [0.15, 0.2) is 47.4 Å². The van der Waals surface area contributed by atoms with E-state index in [9.17, 15) is 8.42 Å². The van der Waals surface area contributed by atoms with Crippen LogP contribution in [0.4, 0.5) is 0 Å². The average Bonchev–Trinajstić information content (AvgIpc) is 2.48. The number of fused-ring (bicyclic) bond motifs is 1. The zero-order chi connectivity index (χ0) is 17.5. The molecule has 0 radical (unpaired) electrons. The second kappa shape index (κ2) is 6.23. The van der Waals surface area contributed by atoms with Crippen molar-refractivity contribution in [1.29, 1.82) is 0 Å². The molecule has 0 saturated heterocycles. The van der Waals surface area contributed by atoms with Crippen LogP contribution in [-0.2, 0) is 10.0 Å². The van der Waals surface area contributed by atoms with E-state index in [4.69, 9.17) is 27.9 Å². The Hall–Kier alpha value is -1.27. The Labute approximate surface area is 151 Å². The third-order valence-electron chi connectivity index (χ3n) is 3.86. The quantitative estimate of drug-likeness (QED) is 0.841. The van der Waals surface area contributed by atoms with E-state index >= 15 is 0 Å². The van der Waals surface area contributed by atoms with Crippen LogP contribution in [0.25, 0.3) is 0 Å². The Morgan fingerprint density at radius 2 is 1.88 bits per heavy atom. The maximum atomic E-state index is 12.8. The van der Waals surface area contributed by atoms with E-state index in [1.807, 2.05) is 38.1 Å². The van der Waals surface area contributed by atoms with Gasteiger partial charge in [0.1, 0.15) is 16.2 Å². The highest BCUT2D eigenvalue weighted by Gasteiger charge is 2.36. The summed E-state index contributed by atoms with van der Waals surface area (Å²) in [5, 5.41) is 0.444. The summed E-state index contributed by atoms with van der Waals surface area (Å²) in [6, 6.07) is 11.4. The molecule has 0 aliphatic carbocycles. The fourth-order valence-corrected chi connectivity index (χ4v) is 4.82. The van der Waals surface area contributed by atoms with Crippen LogP contribution in [0.3, 0.4) is 0 Å². The fourth-order valence-electron chi connectivity index (χ4n) is 2.84. The van der Waals surface area contributed by atoms with Gasteiger partial charge in [0.2, 0.25) is 10.0 Å². The number of para-hydroxylation sites is 1. The summed E-state index contributed by atoms with van der Waals surface area (Å²) in [4.78, 5) is -0.0292. The summed E-state index contributed by atoms with van der Waals surface area (Å²) < 4.78 is 34.3. The predicted octanol–water partition coefficient (Wildman–Crippen LogP) is 4.57. The first-order valence-corrected chi connectivity index (χ1v) is 9.67. The lowest BCUT2D eigenvalue weighted by molar-refractivity contribution is 0.0702. The minimum Gasteiger partial charge on any atom is -0.487 e. The minimum atomic E-state index is -3.83. The number of ether oxygens (including phenoxy) is 1. The summed E-state index contributed by atoms with van der Waals surface area (Å²) in [5.74, 6) is 0.679. The van der Waals surface area contributed by atoms with Gasteiger partial charge in [0.15, 0.2) is 0 Å². The number of halogens is 2. The van der Waals surface area contributed by atoms with Gasteiger partial charge in [-0.3, -0.25) is 0 Å². The molecule has 1 atom stereocenters. The number of hydrogen-bond acceptors (Lipinski definition) is 3. The van der Waals surface area contributed by atoms with Gasteiger partial charge in [-0.25, -0.2) is 13.1 Å². The van der Waals surface area contributed by atoms with Crippen molar-refractivity contribution >= 4 is 33.2 Å². The highest BCUT2D eigenvalue weighted by atomic mass is 35.5. The van der Waals surface area contributed by atoms with Gasteiger partial charge >= 0.3 is 0 Å². The standard InChI is InChI=1S/C17H17Cl2NO3S/c1-17(2)10-14(12-5-3-4-6-15(12)23-17)20-24(21,22)16-9-11(18)7-8-13(16)19/h3-9,14,20H,10H2,1-2H3. The molecule has 1 unspecified atom stereocenters. The SMILES string of the molecule is CC1(C)CC(NS(=O)(=O)c2cc(Cl)ccc2Cl)c2ccccc2O1. The molecule has 7 heteroatoms. The normalized spacial score (nSPS) is 19.4. The minimum absolute atomic E-state index is 0.0292. The molecule has 24 heavy (non-hydrogen) atoms. The summed E-state index contributed by atoms with van der Waals surface area (Å²) in [5.41, 5.74) is 0.318. The smallest absolute Gasteiger partial charge is 0.242 e. The molecule has 4 nitrogen and oxygen atoms in total. The molecule has 3 rings (SSSR count). The monoisotopic (exact) mass is 385 g/mol. The Bertz CT molecular complexity index is 881. The molecule has 1 aliphatic heterocycles. The van der Waals surface area contributed by atoms with Crippen molar-refractivity contribution in [3.05, 3.63) is 58.1 Å². The maximum Gasteiger partial charge on any atom is 0.242 e. The van der Waals surface area contributed by atoms with Crippen molar-refractivity contribution in [1.82, 2.24) is 4.72 Å². The highest BCUT2D eigenvalue weighted by molar-refractivity contribution is 7.89. The molecule has 0 amide bonds. The third-order valence-corrected chi connectivity index (χ3v) is 6.04. The van der Waals surface area contributed by atoms with E-state index in [1.54, 1.807) is 6.07 Å². The maximum absolute atomic E-state index is 12.8. The number of hydrogen-bond donors (Lipinski definition) is 1. The molecule has 0 bridgehead atoms. The number of sulfonamides is 1. The molecule has 0 aromatic heterocycles. The Balaban J connectivity index is 1.99. The van der Waals surface area contributed by atoms with Crippen molar-refractivity contribution < 1.29 is 13.2 Å². The molecule has 128 valence electrons. The van der Waals surface area contributed by atoms with Crippen molar-refractivity contribution in [2.75, 3.05) is 0 Å². The number of nitrogens with one attached hydrogen (secondary N) is 1. The zero-order valence-corrected chi connectivity index (χ0v) is 15.5. The molecular weight excluding hydrogens is 369 g/mol.